The first kappa shape index (κ1) is 14.8. The minimum absolute atomic E-state index is 0.743. The zero-order chi connectivity index (χ0) is 13.4. The summed E-state index contributed by atoms with van der Waals surface area (Å²) in [5, 5.41) is 0. The van der Waals surface area contributed by atoms with Gasteiger partial charge >= 0.3 is 0 Å². The van der Waals surface area contributed by atoms with Crippen molar-refractivity contribution in [3.63, 3.8) is 0 Å². The van der Waals surface area contributed by atoms with Crippen molar-refractivity contribution in [1.82, 2.24) is 4.90 Å². The molecule has 4 heteroatoms. The van der Waals surface area contributed by atoms with Crippen molar-refractivity contribution in [3.05, 3.63) is 23.8 Å². The van der Waals surface area contributed by atoms with Crippen molar-refractivity contribution in [3.8, 4) is 11.5 Å². The second kappa shape index (κ2) is 7.95. The van der Waals surface area contributed by atoms with Crippen LogP contribution in [0.5, 0.6) is 11.5 Å². The Hall–Kier alpha value is -1.26. The summed E-state index contributed by atoms with van der Waals surface area (Å²) < 4.78 is 10.6. The van der Waals surface area contributed by atoms with Gasteiger partial charge in [0.25, 0.3) is 0 Å². The van der Waals surface area contributed by atoms with E-state index in [-0.39, 0.29) is 0 Å². The Kier molecular flexibility index (Phi) is 6.54. The monoisotopic (exact) mass is 252 g/mol. The molecule has 0 aliphatic carbocycles. The first-order valence-corrected chi connectivity index (χ1v) is 6.30. The molecular formula is C14H24N2O2. The fourth-order valence-electron chi connectivity index (χ4n) is 1.86. The molecule has 0 saturated carbocycles. The molecule has 0 aromatic heterocycles. The highest BCUT2D eigenvalue weighted by molar-refractivity contribution is 5.40. The van der Waals surface area contributed by atoms with Gasteiger partial charge in [-0.05, 0) is 56.7 Å². The standard InChI is InChI=1S/C14H24N2O2/c1-16(9-4-8-15)10-7-12-11-13(17-2)5-6-14(12)18-3/h5-6,11H,4,7-10,15H2,1-3H3. The van der Waals surface area contributed by atoms with Crippen LogP contribution in [-0.4, -0.2) is 45.8 Å². The molecule has 1 aromatic carbocycles. The molecule has 0 aliphatic heterocycles. The van der Waals surface area contributed by atoms with E-state index in [1.54, 1.807) is 14.2 Å². The number of hydrogen-bond donors (Lipinski definition) is 1. The summed E-state index contributed by atoms with van der Waals surface area (Å²) >= 11 is 0. The Labute approximate surface area is 110 Å². The van der Waals surface area contributed by atoms with Crippen molar-refractivity contribution in [2.24, 2.45) is 5.73 Å². The van der Waals surface area contributed by atoms with E-state index in [9.17, 15) is 0 Å². The van der Waals surface area contributed by atoms with Crippen LogP contribution in [0.1, 0.15) is 12.0 Å². The van der Waals surface area contributed by atoms with E-state index < -0.39 is 0 Å². The fraction of sp³-hybridized carbons (Fsp3) is 0.571. The van der Waals surface area contributed by atoms with E-state index in [1.807, 2.05) is 18.2 Å². The maximum atomic E-state index is 5.50. The van der Waals surface area contributed by atoms with Crippen molar-refractivity contribution < 1.29 is 9.47 Å². The summed E-state index contributed by atoms with van der Waals surface area (Å²) in [6, 6.07) is 5.91. The highest BCUT2D eigenvalue weighted by Crippen LogP contribution is 2.24. The number of benzene rings is 1. The molecule has 18 heavy (non-hydrogen) atoms. The third-order valence-electron chi connectivity index (χ3n) is 2.99. The highest BCUT2D eigenvalue weighted by atomic mass is 16.5. The Bertz CT molecular complexity index is 356. The van der Waals surface area contributed by atoms with Crippen LogP contribution in [0.2, 0.25) is 0 Å². The van der Waals surface area contributed by atoms with Gasteiger partial charge in [-0.2, -0.15) is 0 Å². The molecule has 4 nitrogen and oxygen atoms in total. The van der Waals surface area contributed by atoms with Crippen molar-refractivity contribution >= 4 is 0 Å². The maximum absolute atomic E-state index is 5.50. The third-order valence-corrected chi connectivity index (χ3v) is 2.99. The minimum Gasteiger partial charge on any atom is -0.497 e. The highest BCUT2D eigenvalue weighted by Gasteiger charge is 2.06. The van der Waals surface area contributed by atoms with Gasteiger partial charge in [0.15, 0.2) is 0 Å². The number of nitrogens with zero attached hydrogens (tertiary/aromatic N) is 1. The summed E-state index contributed by atoms with van der Waals surface area (Å²) in [4.78, 5) is 2.28. The van der Waals surface area contributed by atoms with Crippen LogP contribution in [0.15, 0.2) is 18.2 Å². The molecule has 0 radical (unpaired) electrons. The Morgan fingerprint density at radius 1 is 1.17 bits per heavy atom. The molecule has 0 fully saturated rings. The molecule has 1 aromatic rings. The largest absolute Gasteiger partial charge is 0.497 e. The quantitative estimate of drug-likeness (QED) is 0.762. The van der Waals surface area contributed by atoms with Gasteiger partial charge in [0.1, 0.15) is 11.5 Å². The van der Waals surface area contributed by atoms with Gasteiger partial charge in [-0.1, -0.05) is 0 Å². The van der Waals surface area contributed by atoms with Crippen LogP contribution >= 0.6 is 0 Å². The summed E-state index contributed by atoms with van der Waals surface area (Å²) in [6.45, 7) is 2.76. The fourth-order valence-corrected chi connectivity index (χ4v) is 1.86. The number of methoxy groups -OCH3 is 2. The van der Waals surface area contributed by atoms with Crippen LogP contribution < -0.4 is 15.2 Å². The average Bonchev–Trinajstić information content (AvgIpc) is 2.42. The Balaban J connectivity index is 2.59. The SMILES string of the molecule is COc1ccc(OC)c(CCN(C)CCCN)c1. The predicted octanol–water partition coefficient (Wildman–Crippen LogP) is 1.53. The molecule has 0 saturated heterocycles. The van der Waals surface area contributed by atoms with E-state index in [0.29, 0.717) is 0 Å². The molecular weight excluding hydrogens is 228 g/mol. The number of ether oxygens (including phenoxy) is 2. The summed E-state index contributed by atoms with van der Waals surface area (Å²) in [6.07, 6.45) is 1.98. The van der Waals surface area contributed by atoms with Gasteiger partial charge in [0.2, 0.25) is 0 Å². The second-order valence-electron chi connectivity index (χ2n) is 4.37. The molecule has 1 rings (SSSR count). The molecule has 0 bridgehead atoms. The van der Waals surface area contributed by atoms with Gasteiger partial charge in [0.05, 0.1) is 14.2 Å². The zero-order valence-electron chi connectivity index (χ0n) is 11.6. The first-order valence-electron chi connectivity index (χ1n) is 6.30. The summed E-state index contributed by atoms with van der Waals surface area (Å²) in [5.41, 5.74) is 6.68. The number of rotatable bonds is 8. The lowest BCUT2D eigenvalue weighted by Crippen LogP contribution is -2.24. The Morgan fingerprint density at radius 3 is 2.56 bits per heavy atom. The molecule has 0 spiro atoms. The zero-order valence-corrected chi connectivity index (χ0v) is 11.6. The summed E-state index contributed by atoms with van der Waals surface area (Å²) in [7, 11) is 5.49. The smallest absolute Gasteiger partial charge is 0.122 e. The summed E-state index contributed by atoms with van der Waals surface area (Å²) in [5.74, 6) is 1.79. The van der Waals surface area contributed by atoms with Crippen LogP contribution in [0.3, 0.4) is 0 Å². The minimum atomic E-state index is 0.743. The lowest BCUT2D eigenvalue weighted by atomic mass is 10.1. The van der Waals surface area contributed by atoms with E-state index in [0.717, 1.165) is 44.0 Å². The molecule has 0 heterocycles. The van der Waals surface area contributed by atoms with Gasteiger partial charge in [0, 0.05) is 6.54 Å². The lowest BCUT2D eigenvalue weighted by Gasteiger charge is -2.17. The Morgan fingerprint density at radius 2 is 1.94 bits per heavy atom. The van der Waals surface area contributed by atoms with Gasteiger partial charge in [-0.25, -0.2) is 0 Å². The average molecular weight is 252 g/mol. The van der Waals surface area contributed by atoms with E-state index in [4.69, 9.17) is 15.2 Å². The predicted molar refractivity (Wildman–Crippen MR) is 74.4 cm³/mol. The van der Waals surface area contributed by atoms with Crippen molar-refractivity contribution in [2.45, 2.75) is 12.8 Å². The van der Waals surface area contributed by atoms with E-state index >= 15 is 0 Å². The van der Waals surface area contributed by atoms with Crippen molar-refractivity contribution in [2.75, 3.05) is 40.9 Å². The third kappa shape index (κ3) is 4.55. The van der Waals surface area contributed by atoms with E-state index in [1.165, 1.54) is 5.56 Å². The van der Waals surface area contributed by atoms with Crippen LogP contribution in [0.4, 0.5) is 0 Å². The van der Waals surface area contributed by atoms with Crippen molar-refractivity contribution in [1.29, 1.82) is 0 Å². The van der Waals surface area contributed by atoms with E-state index in [2.05, 4.69) is 11.9 Å². The molecule has 2 N–H and O–H groups in total. The maximum Gasteiger partial charge on any atom is 0.122 e. The van der Waals surface area contributed by atoms with Gasteiger partial charge < -0.3 is 20.1 Å². The molecule has 102 valence electrons. The van der Waals surface area contributed by atoms with Crippen LogP contribution in [0.25, 0.3) is 0 Å². The normalized spacial score (nSPS) is 10.7. The lowest BCUT2D eigenvalue weighted by molar-refractivity contribution is 0.331. The molecule has 0 amide bonds. The first-order chi connectivity index (χ1) is 8.71. The van der Waals surface area contributed by atoms with Gasteiger partial charge in [-0.15, -0.1) is 0 Å². The topological polar surface area (TPSA) is 47.7 Å². The molecule has 0 aliphatic rings. The van der Waals surface area contributed by atoms with Gasteiger partial charge in [-0.3, -0.25) is 0 Å². The number of hydrogen-bond acceptors (Lipinski definition) is 4. The molecule has 0 atom stereocenters. The van der Waals surface area contributed by atoms with Crippen LogP contribution in [0, 0.1) is 0 Å². The number of nitrogens with two attached hydrogens (primary N) is 1. The molecule has 0 unspecified atom stereocenters. The second-order valence-corrected chi connectivity index (χ2v) is 4.37. The number of likely N-dealkylation sites (N-methyl/N-ethyl adjacent to an activating group) is 1. The van der Waals surface area contributed by atoms with Crippen LogP contribution in [-0.2, 0) is 6.42 Å².